The van der Waals surface area contributed by atoms with Crippen molar-refractivity contribution in [1.29, 1.82) is 0 Å². The summed E-state index contributed by atoms with van der Waals surface area (Å²) in [6.07, 6.45) is 0. The van der Waals surface area contributed by atoms with Gasteiger partial charge in [0.2, 0.25) is 0 Å². The summed E-state index contributed by atoms with van der Waals surface area (Å²) >= 11 is 0. The number of para-hydroxylation sites is 1. The summed E-state index contributed by atoms with van der Waals surface area (Å²) < 4.78 is 24.5. The van der Waals surface area contributed by atoms with Crippen molar-refractivity contribution in [3.8, 4) is 11.5 Å². The molecule has 0 heterocycles. The van der Waals surface area contributed by atoms with Crippen LogP contribution in [0.4, 0.5) is 10.1 Å². The van der Waals surface area contributed by atoms with Crippen molar-refractivity contribution in [2.24, 2.45) is 0 Å². The van der Waals surface area contributed by atoms with Crippen LogP contribution in [-0.4, -0.2) is 19.1 Å². The molecule has 0 bridgehead atoms. The molecule has 1 amide bonds. The summed E-state index contributed by atoms with van der Waals surface area (Å²) in [4.78, 5) is 12.3. The van der Waals surface area contributed by atoms with Crippen LogP contribution < -0.4 is 14.8 Å². The highest BCUT2D eigenvalue weighted by molar-refractivity contribution is 6.06. The number of ether oxygens (including phenoxy) is 2. The van der Waals surface area contributed by atoms with E-state index in [-0.39, 0.29) is 5.69 Å². The van der Waals surface area contributed by atoms with Gasteiger partial charge in [-0.05, 0) is 38.1 Å². The van der Waals surface area contributed by atoms with Gasteiger partial charge in [-0.3, -0.25) is 4.79 Å². The molecule has 22 heavy (non-hydrogen) atoms. The highest BCUT2D eigenvalue weighted by Crippen LogP contribution is 2.26. The van der Waals surface area contributed by atoms with Crippen LogP contribution in [0.1, 0.15) is 24.2 Å². The minimum absolute atomic E-state index is 0.129. The first kappa shape index (κ1) is 15.8. The lowest BCUT2D eigenvalue weighted by Crippen LogP contribution is -2.14. The Balaban J connectivity index is 2.26. The van der Waals surface area contributed by atoms with E-state index in [9.17, 15) is 9.18 Å². The molecule has 116 valence electrons. The fourth-order valence-corrected chi connectivity index (χ4v) is 1.97. The number of rotatable bonds is 6. The van der Waals surface area contributed by atoms with Crippen molar-refractivity contribution < 1.29 is 18.7 Å². The molecule has 0 atom stereocenters. The molecule has 2 rings (SSSR count). The van der Waals surface area contributed by atoms with Crippen LogP contribution >= 0.6 is 0 Å². The monoisotopic (exact) mass is 303 g/mol. The smallest absolute Gasteiger partial charge is 0.259 e. The second-order valence-corrected chi connectivity index (χ2v) is 4.46. The molecular formula is C17H18FNO3. The topological polar surface area (TPSA) is 47.6 Å². The molecule has 0 radical (unpaired) electrons. The summed E-state index contributed by atoms with van der Waals surface area (Å²) in [5, 5.41) is 2.54. The average Bonchev–Trinajstić information content (AvgIpc) is 2.50. The lowest BCUT2D eigenvalue weighted by molar-refractivity contribution is 0.102. The number of carbonyl (C=O) groups excluding carboxylic acids is 1. The lowest BCUT2D eigenvalue weighted by Gasteiger charge is -2.13. The van der Waals surface area contributed by atoms with Crippen LogP contribution in [0, 0.1) is 5.82 Å². The second-order valence-electron chi connectivity index (χ2n) is 4.46. The van der Waals surface area contributed by atoms with Crippen LogP contribution in [0.15, 0.2) is 42.5 Å². The molecule has 0 unspecified atom stereocenters. The summed E-state index contributed by atoms with van der Waals surface area (Å²) in [5.41, 5.74) is 0.456. The molecule has 0 aromatic heterocycles. The molecule has 0 aliphatic carbocycles. The highest BCUT2D eigenvalue weighted by Gasteiger charge is 2.15. The molecule has 0 fully saturated rings. The minimum Gasteiger partial charge on any atom is -0.494 e. The molecule has 0 spiro atoms. The van der Waals surface area contributed by atoms with Crippen molar-refractivity contribution in [1.82, 2.24) is 0 Å². The maximum atomic E-state index is 13.6. The maximum absolute atomic E-state index is 13.6. The van der Waals surface area contributed by atoms with E-state index in [1.807, 2.05) is 13.8 Å². The zero-order chi connectivity index (χ0) is 15.9. The third kappa shape index (κ3) is 3.75. The first-order chi connectivity index (χ1) is 10.7. The fraction of sp³-hybridized carbons (Fsp3) is 0.235. The molecule has 4 nitrogen and oxygen atoms in total. The Bertz CT molecular complexity index is 658. The first-order valence-corrected chi connectivity index (χ1v) is 7.11. The molecule has 0 aliphatic rings. The molecule has 0 saturated carbocycles. The van der Waals surface area contributed by atoms with E-state index >= 15 is 0 Å². The molecular weight excluding hydrogens is 285 g/mol. The molecule has 1 N–H and O–H groups in total. The summed E-state index contributed by atoms with van der Waals surface area (Å²) in [5.74, 6) is 0.104. The minimum atomic E-state index is -0.486. The van der Waals surface area contributed by atoms with E-state index in [0.29, 0.717) is 30.3 Å². The van der Waals surface area contributed by atoms with Gasteiger partial charge in [0.25, 0.3) is 5.91 Å². The van der Waals surface area contributed by atoms with Gasteiger partial charge in [0.15, 0.2) is 0 Å². The van der Waals surface area contributed by atoms with Gasteiger partial charge in [0.05, 0.1) is 24.5 Å². The van der Waals surface area contributed by atoms with Crippen LogP contribution in [0.2, 0.25) is 0 Å². The number of halogens is 1. The van der Waals surface area contributed by atoms with Crippen LogP contribution in [0.3, 0.4) is 0 Å². The van der Waals surface area contributed by atoms with Gasteiger partial charge < -0.3 is 14.8 Å². The third-order valence-electron chi connectivity index (χ3n) is 2.93. The zero-order valence-electron chi connectivity index (χ0n) is 12.6. The van der Waals surface area contributed by atoms with Gasteiger partial charge in [-0.25, -0.2) is 4.39 Å². The largest absolute Gasteiger partial charge is 0.494 e. The standard InChI is InChI=1S/C17H18FNO3/c1-3-21-12-9-10-13(16(11-12)22-4-2)17(20)19-15-8-6-5-7-14(15)18/h5-11H,3-4H2,1-2H3,(H,19,20). The zero-order valence-corrected chi connectivity index (χ0v) is 12.6. The van der Waals surface area contributed by atoms with Gasteiger partial charge in [0.1, 0.15) is 17.3 Å². The molecule has 2 aromatic carbocycles. The van der Waals surface area contributed by atoms with Gasteiger partial charge >= 0.3 is 0 Å². The van der Waals surface area contributed by atoms with Gasteiger partial charge in [-0.1, -0.05) is 12.1 Å². The molecule has 2 aromatic rings. The Morgan fingerprint density at radius 3 is 2.50 bits per heavy atom. The Morgan fingerprint density at radius 1 is 1.09 bits per heavy atom. The number of anilines is 1. The summed E-state index contributed by atoms with van der Waals surface area (Å²) in [6, 6.07) is 10.9. The van der Waals surface area contributed by atoms with E-state index < -0.39 is 11.7 Å². The average molecular weight is 303 g/mol. The van der Waals surface area contributed by atoms with Crippen molar-refractivity contribution >= 4 is 11.6 Å². The van der Waals surface area contributed by atoms with E-state index in [1.165, 1.54) is 12.1 Å². The fourth-order valence-electron chi connectivity index (χ4n) is 1.97. The summed E-state index contributed by atoms with van der Waals surface area (Å²) in [7, 11) is 0. The van der Waals surface area contributed by atoms with Crippen molar-refractivity contribution in [2.75, 3.05) is 18.5 Å². The van der Waals surface area contributed by atoms with Gasteiger partial charge in [-0.2, -0.15) is 0 Å². The van der Waals surface area contributed by atoms with E-state index in [1.54, 1.807) is 30.3 Å². The Morgan fingerprint density at radius 2 is 1.82 bits per heavy atom. The molecule has 0 aliphatic heterocycles. The second kappa shape index (κ2) is 7.45. The van der Waals surface area contributed by atoms with Gasteiger partial charge in [-0.15, -0.1) is 0 Å². The molecule has 5 heteroatoms. The van der Waals surface area contributed by atoms with Gasteiger partial charge in [0, 0.05) is 6.07 Å². The SMILES string of the molecule is CCOc1ccc(C(=O)Nc2ccccc2F)c(OCC)c1. The summed E-state index contributed by atoms with van der Waals surface area (Å²) in [6.45, 7) is 4.63. The van der Waals surface area contributed by atoms with E-state index in [2.05, 4.69) is 5.32 Å². The number of hydrogen-bond donors (Lipinski definition) is 1. The van der Waals surface area contributed by atoms with Crippen LogP contribution in [0.5, 0.6) is 11.5 Å². The van der Waals surface area contributed by atoms with E-state index in [0.717, 1.165) is 0 Å². The van der Waals surface area contributed by atoms with Crippen LogP contribution in [-0.2, 0) is 0 Å². The number of hydrogen-bond acceptors (Lipinski definition) is 3. The number of carbonyl (C=O) groups is 1. The first-order valence-electron chi connectivity index (χ1n) is 7.11. The van der Waals surface area contributed by atoms with E-state index in [4.69, 9.17) is 9.47 Å². The Kier molecular flexibility index (Phi) is 5.36. The Hall–Kier alpha value is -2.56. The van der Waals surface area contributed by atoms with Crippen molar-refractivity contribution in [2.45, 2.75) is 13.8 Å². The molecule has 0 saturated heterocycles. The quantitative estimate of drug-likeness (QED) is 0.881. The predicted octanol–water partition coefficient (Wildman–Crippen LogP) is 3.88. The number of amides is 1. The van der Waals surface area contributed by atoms with Crippen LogP contribution in [0.25, 0.3) is 0 Å². The Labute approximate surface area is 128 Å². The maximum Gasteiger partial charge on any atom is 0.259 e. The normalized spacial score (nSPS) is 10.1. The van der Waals surface area contributed by atoms with Crippen molar-refractivity contribution in [3.63, 3.8) is 0 Å². The lowest BCUT2D eigenvalue weighted by atomic mass is 10.1. The van der Waals surface area contributed by atoms with Crippen molar-refractivity contribution in [3.05, 3.63) is 53.8 Å². The number of nitrogens with one attached hydrogen (secondary N) is 1. The highest BCUT2D eigenvalue weighted by atomic mass is 19.1. The third-order valence-corrected chi connectivity index (χ3v) is 2.93. The number of benzene rings is 2. The predicted molar refractivity (Wildman–Crippen MR) is 83.1 cm³/mol.